The molecule has 1 heterocycles. The highest BCUT2D eigenvalue weighted by Gasteiger charge is 2.24. The van der Waals surface area contributed by atoms with Crippen molar-refractivity contribution in [2.75, 3.05) is 13.1 Å². The van der Waals surface area contributed by atoms with E-state index in [0.717, 1.165) is 37.9 Å². The van der Waals surface area contributed by atoms with E-state index in [1.807, 2.05) is 37.0 Å². The van der Waals surface area contributed by atoms with Crippen LogP contribution in [-0.4, -0.2) is 29.0 Å². The van der Waals surface area contributed by atoms with E-state index in [-0.39, 0.29) is 5.91 Å². The molecule has 1 N–H and O–H groups in total. The summed E-state index contributed by atoms with van der Waals surface area (Å²) in [6.07, 6.45) is 4.89. The average Bonchev–Trinajstić information content (AvgIpc) is 2.48. The van der Waals surface area contributed by atoms with Gasteiger partial charge < -0.3 is 10.0 Å². The Morgan fingerprint density at radius 1 is 1.30 bits per heavy atom. The van der Waals surface area contributed by atoms with Gasteiger partial charge in [0.05, 0.1) is 0 Å². The van der Waals surface area contributed by atoms with Gasteiger partial charge >= 0.3 is 0 Å². The fraction of sp³-hybridized carbons (Fsp3) is 0.471. The van der Waals surface area contributed by atoms with Crippen LogP contribution in [0.15, 0.2) is 35.9 Å². The molecule has 0 radical (unpaired) electrons. The van der Waals surface area contributed by atoms with Crippen LogP contribution in [-0.2, 0) is 4.79 Å². The maximum absolute atomic E-state index is 12.2. The molecule has 1 aliphatic heterocycles. The van der Waals surface area contributed by atoms with E-state index in [1.54, 1.807) is 12.1 Å². The number of likely N-dealkylation sites (tertiary alicyclic amines) is 1. The van der Waals surface area contributed by atoms with Crippen molar-refractivity contribution in [2.24, 2.45) is 0 Å². The first-order chi connectivity index (χ1) is 9.61. The Labute approximate surface area is 120 Å². The Bertz CT molecular complexity index is 482. The number of hydrogen-bond acceptors (Lipinski definition) is 2. The molecule has 0 spiro atoms. The molecule has 0 saturated carbocycles. The predicted octanol–water partition coefficient (Wildman–Crippen LogP) is 3.45. The molecule has 0 aliphatic carbocycles. The van der Waals surface area contributed by atoms with Gasteiger partial charge in [-0.25, -0.2) is 0 Å². The van der Waals surface area contributed by atoms with E-state index >= 15 is 0 Å². The summed E-state index contributed by atoms with van der Waals surface area (Å²) in [5.74, 6) is 0.979. The zero-order valence-electron chi connectivity index (χ0n) is 12.3. The standard InChI is InChI=1S/C17H23NO2/c1-3-4-13(2)17(20)18-11-9-15(10-12-18)14-5-7-16(19)8-6-14/h4-8,15,19H,3,9-12H2,1-2H3/b13-4+. The summed E-state index contributed by atoms with van der Waals surface area (Å²) in [7, 11) is 0. The lowest BCUT2D eigenvalue weighted by Crippen LogP contribution is -2.38. The zero-order chi connectivity index (χ0) is 14.5. The number of benzene rings is 1. The summed E-state index contributed by atoms with van der Waals surface area (Å²) in [5.41, 5.74) is 2.12. The van der Waals surface area contributed by atoms with Crippen molar-refractivity contribution in [3.63, 3.8) is 0 Å². The summed E-state index contributed by atoms with van der Waals surface area (Å²) in [6.45, 7) is 5.59. The number of piperidine rings is 1. The van der Waals surface area contributed by atoms with Gasteiger partial charge in [0.2, 0.25) is 5.91 Å². The lowest BCUT2D eigenvalue weighted by atomic mass is 9.89. The van der Waals surface area contributed by atoms with Gasteiger partial charge in [0, 0.05) is 18.7 Å². The van der Waals surface area contributed by atoms with Gasteiger partial charge in [-0.3, -0.25) is 4.79 Å². The van der Waals surface area contributed by atoms with Gasteiger partial charge in [-0.1, -0.05) is 25.1 Å². The maximum Gasteiger partial charge on any atom is 0.249 e. The van der Waals surface area contributed by atoms with Gasteiger partial charge in [-0.05, 0) is 49.8 Å². The molecule has 0 bridgehead atoms. The van der Waals surface area contributed by atoms with Crippen molar-refractivity contribution in [1.29, 1.82) is 0 Å². The molecule has 3 nitrogen and oxygen atoms in total. The lowest BCUT2D eigenvalue weighted by Gasteiger charge is -2.32. The molecule has 0 atom stereocenters. The molecule has 20 heavy (non-hydrogen) atoms. The van der Waals surface area contributed by atoms with Gasteiger partial charge in [-0.2, -0.15) is 0 Å². The number of phenols is 1. The van der Waals surface area contributed by atoms with E-state index in [9.17, 15) is 9.90 Å². The van der Waals surface area contributed by atoms with E-state index in [4.69, 9.17) is 0 Å². The fourth-order valence-corrected chi connectivity index (χ4v) is 2.81. The largest absolute Gasteiger partial charge is 0.508 e. The minimum Gasteiger partial charge on any atom is -0.508 e. The van der Waals surface area contributed by atoms with Crippen molar-refractivity contribution in [2.45, 2.75) is 39.0 Å². The second-order valence-electron chi connectivity index (χ2n) is 5.45. The van der Waals surface area contributed by atoms with Gasteiger partial charge in [0.1, 0.15) is 5.75 Å². The second-order valence-corrected chi connectivity index (χ2v) is 5.45. The number of phenolic OH excluding ortho intramolecular Hbond substituents is 1. The van der Waals surface area contributed by atoms with E-state index in [1.165, 1.54) is 5.56 Å². The predicted molar refractivity (Wildman–Crippen MR) is 80.7 cm³/mol. The van der Waals surface area contributed by atoms with Crippen LogP contribution in [0, 0.1) is 0 Å². The molecule has 1 fully saturated rings. The topological polar surface area (TPSA) is 40.5 Å². The van der Waals surface area contributed by atoms with Gasteiger partial charge in [0.15, 0.2) is 0 Å². The fourth-order valence-electron chi connectivity index (χ4n) is 2.81. The maximum atomic E-state index is 12.2. The van der Waals surface area contributed by atoms with Crippen LogP contribution < -0.4 is 0 Å². The number of allylic oxidation sites excluding steroid dienone is 1. The van der Waals surface area contributed by atoms with Crippen LogP contribution in [0.25, 0.3) is 0 Å². The smallest absolute Gasteiger partial charge is 0.249 e. The monoisotopic (exact) mass is 273 g/mol. The number of hydrogen-bond donors (Lipinski definition) is 1. The number of amides is 1. The van der Waals surface area contributed by atoms with Crippen molar-refractivity contribution in [1.82, 2.24) is 4.90 Å². The number of nitrogens with zero attached hydrogens (tertiary/aromatic N) is 1. The van der Waals surface area contributed by atoms with E-state index < -0.39 is 0 Å². The normalized spacial score (nSPS) is 17.3. The number of rotatable bonds is 3. The second kappa shape index (κ2) is 6.60. The summed E-state index contributed by atoms with van der Waals surface area (Å²) in [5, 5.41) is 9.32. The SMILES string of the molecule is CC/C=C(\C)C(=O)N1CCC(c2ccc(O)cc2)CC1. The lowest BCUT2D eigenvalue weighted by molar-refractivity contribution is -0.128. The summed E-state index contributed by atoms with van der Waals surface area (Å²) < 4.78 is 0. The van der Waals surface area contributed by atoms with Crippen LogP contribution in [0.5, 0.6) is 5.75 Å². The highest BCUT2D eigenvalue weighted by molar-refractivity contribution is 5.92. The number of carbonyl (C=O) groups is 1. The quantitative estimate of drug-likeness (QED) is 0.857. The summed E-state index contributed by atoms with van der Waals surface area (Å²) in [4.78, 5) is 14.2. The molecule has 1 aliphatic rings. The van der Waals surface area contributed by atoms with Crippen LogP contribution in [0.3, 0.4) is 0 Å². The first-order valence-corrected chi connectivity index (χ1v) is 7.36. The molecular weight excluding hydrogens is 250 g/mol. The van der Waals surface area contributed by atoms with Crippen LogP contribution in [0.1, 0.15) is 44.6 Å². The molecule has 1 aromatic carbocycles. The third-order valence-electron chi connectivity index (χ3n) is 3.99. The molecule has 0 aromatic heterocycles. The Balaban J connectivity index is 1.94. The van der Waals surface area contributed by atoms with Crippen LogP contribution in [0.4, 0.5) is 0 Å². The van der Waals surface area contributed by atoms with E-state index in [0.29, 0.717) is 11.7 Å². The average molecular weight is 273 g/mol. The Morgan fingerprint density at radius 3 is 2.45 bits per heavy atom. The Kier molecular flexibility index (Phi) is 4.83. The minimum absolute atomic E-state index is 0.177. The van der Waals surface area contributed by atoms with Crippen molar-refractivity contribution >= 4 is 5.91 Å². The number of carbonyl (C=O) groups excluding carboxylic acids is 1. The third kappa shape index (κ3) is 3.41. The molecule has 1 aromatic rings. The van der Waals surface area contributed by atoms with Crippen molar-refractivity contribution < 1.29 is 9.90 Å². The Morgan fingerprint density at radius 2 is 1.90 bits per heavy atom. The van der Waals surface area contributed by atoms with Crippen molar-refractivity contribution in [3.05, 3.63) is 41.5 Å². The summed E-state index contributed by atoms with van der Waals surface area (Å²) >= 11 is 0. The zero-order valence-corrected chi connectivity index (χ0v) is 12.3. The van der Waals surface area contributed by atoms with E-state index in [2.05, 4.69) is 0 Å². The molecule has 2 rings (SSSR count). The first kappa shape index (κ1) is 14.6. The molecule has 108 valence electrons. The molecular formula is C17H23NO2. The van der Waals surface area contributed by atoms with Crippen LogP contribution >= 0.6 is 0 Å². The van der Waals surface area contributed by atoms with Gasteiger partial charge in [-0.15, -0.1) is 0 Å². The summed E-state index contributed by atoms with van der Waals surface area (Å²) in [6, 6.07) is 7.45. The number of aromatic hydroxyl groups is 1. The molecule has 1 saturated heterocycles. The Hall–Kier alpha value is -1.77. The first-order valence-electron chi connectivity index (χ1n) is 7.36. The molecule has 1 amide bonds. The van der Waals surface area contributed by atoms with Crippen molar-refractivity contribution in [3.8, 4) is 5.75 Å². The highest BCUT2D eigenvalue weighted by Crippen LogP contribution is 2.29. The minimum atomic E-state index is 0.177. The highest BCUT2D eigenvalue weighted by atomic mass is 16.3. The molecule has 0 unspecified atom stereocenters. The van der Waals surface area contributed by atoms with Crippen LogP contribution in [0.2, 0.25) is 0 Å². The molecule has 3 heteroatoms. The van der Waals surface area contributed by atoms with Gasteiger partial charge in [0.25, 0.3) is 0 Å². The third-order valence-corrected chi connectivity index (χ3v) is 3.99.